The third kappa shape index (κ3) is 3.14. The molecule has 1 aromatic carbocycles. The SMILES string of the molecule is CCCNC(c1cc2cc(C)ccc2o1)C1COC(C)C1. The highest BCUT2D eigenvalue weighted by molar-refractivity contribution is 5.78. The van der Waals surface area contributed by atoms with Gasteiger partial charge in [-0.25, -0.2) is 0 Å². The molecule has 3 rings (SSSR count). The standard InChI is InChI=1S/C18H25NO2/c1-4-7-19-18(15-9-13(3)20-11-15)17-10-14-8-12(2)5-6-16(14)21-17/h5-6,8,10,13,15,18-19H,4,7,9,11H2,1-3H3. The lowest BCUT2D eigenvalue weighted by atomic mass is 9.94. The van der Waals surface area contributed by atoms with Crippen LogP contribution in [0.2, 0.25) is 0 Å². The first-order valence-electron chi connectivity index (χ1n) is 8.02. The number of hydrogen-bond donors (Lipinski definition) is 1. The minimum absolute atomic E-state index is 0.252. The second kappa shape index (κ2) is 6.20. The molecule has 0 bridgehead atoms. The van der Waals surface area contributed by atoms with Gasteiger partial charge in [0.25, 0.3) is 0 Å². The van der Waals surface area contributed by atoms with Gasteiger partial charge in [-0.2, -0.15) is 0 Å². The van der Waals surface area contributed by atoms with Gasteiger partial charge in [0.1, 0.15) is 11.3 Å². The number of furan rings is 1. The minimum Gasteiger partial charge on any atom is -0.459 e. The van der Waals surface area contributed by atoms with Crippen molar-refractivity contribution >= 4 is 11.0 Å². The highest BCUT2D eigenvalue weighted by atomic mass is 16.5. The molecule has 0 radical (unpaired) electrons. The molecule has 0 spiro atoms. The summed E-state index contributed by atoms with van der Waals surface area (Å²) in [7, 11) is 0. The molecular formula is C18H25NO2. The molecule has 21 heavy (non-hydrogen) atoms. The van der Waals surface area contributed by atoms with Gasteiger partial charge in [-0.1, -0.05) is 18.6 Å². The maximum absolute atomic E-state index is 6.11. The van der Waals surface area contributed by atoms with Crippen molar-refractivity contribution in [3.05, 3.63) is 35.6 Å². The normalized spacial score (nSPS) is 23.8. The van der Waals surface area contributed by atoms with E-state index in [9.17, 15) is 0 Å². The van der Waals surface area contributed by atoms with Crippen molar-refractivity contribution in [3.8, 4) is 0 Å². The summed E-state index contributed by atoms with van der Waals surface area (Å²) in [6, 6.07) is 8.80. The van der Waals surface area contributed by atoms with Gasteiger partial charge in [0.2, 0.25) is 0 Å². The van der Waals surface area contributed by atoms with Crippen LogP contribution in [0, 0.1) is 12.8 Å². The van der Waals surface area contributed by atoms with Gasteiger partial charge in [0, 0.05) is 11.3 Å². The third-order valence-electron chi connectivity index (χ3n) is 4.31. The fourth-order valence-corrected chi connectivity index (χ4v) is 3.22. The molecule has 2 aromatic rings. The molecular weight excluding hydrogens is 262 g/mol. The molecule has 0 saturated carbocycles. The number of hydrogen-bond acceptors (Lipinski definition) is 3. The summed E-state index contributed by atoms with van der Waals surface area (Å²) in [5.41, 5.74) is 2.25. The molecule has 3 atom stereocenters. The fraction of sp³-hybridized carbons (Fsp3) is 0.556. The van der Waals surface area contributed by atoms with E-state index in [0.29, 0.717) is 12.0 Å². The molecule has 3 unspecified atom stereocenters. The van der Waals surface area contributed by atoms with Crippen LogP contribution in [-0.2, 0) is 4.74 Å². The highest BCUT2D eigenvalue weighted by Gasteiger charge is 2.32. The molecule has 1 saturated heterocycles. The molecule has 1 aliphatic heterocycles. The predicted molar refractivity (Wildman–Crippen MR) is 85.5 cm³/mol. The van der Waals surface area contributed by atoms with Crippen LogP contribution < -0.4 is 5.32 Å². The van der Waals surface area contributed by atoms with Crippen LogP contribution >= 0.6 is 0 Å². The number of nitrogens with one attached hydrogen (secondary N) is 1. The Balaban J connectivity index is 1.89. The first-order valence-corrected chi connectivity index (χ1v) is 8.02. The third-order valence-corrected chi connectivity index (χ3v) is 4.31. The van der Waals surface area contributed by atoms with Crippen molar-refractivity contribution in [2.75, 3.05) is 13.2 Å². The van der Waals surface area contributed by atoms with E-state index in [2.05, 4.69) is 50.4 Å². The van der Waals surface area contributed by atoms with Gasteiger partial charge >= 0.3 is 0 Å². The van der Waals surface area contributed by atoms with E-state index in [1.165, 1.54) is 10.9 Å². The van der Waals surface area contributed by atoms with Crippen LogP contribution in [0.4, 0.5) is 0 Å². The fourth-order valence-electron chi connectivity index (χ4n) is 3.22. The van der Waals surface area contributed by atoms with E-state index in [0.717, 1.165) is 37.3 Å². The summed E-state index contributed by atoms with van der Waals surface area (Å²) >= 11 is 0. The Morgan fingerprint density at radius 3 is 2.90 bits per heavy atom. The first kappa shape index (κ1) is 14.6. The molecule has 114 valence electrons. The van der Waals surface area contributed by atoms with Crippen molar-refractivity contribution in [3.63, 3.8) is 0 Å². The Morgan fingerprint density at radius 2 is 2.19 bits per heavy atom. The molecule has 1 fully saturated rings. The monoisotopic (exact) mass is 287 g/mol. The van der Waals surface area contributed by atoms with E-state index in [1.807, 2.05) is 0 Å². The van der Waals surface area contributed by atoms with Gasteiger partial charge in [0.15, 0.2) is 0 Å². The molecule has 3 nitrogen and oxygen atoms in total. The maximum atomic E-state index is 6.11. The highest BCUT2D eigenvalue weighted by Crippen LogP contribution is 2.34. The van der Waals surface area contributed by atoms with Crippen LogP contribution in [0.3, 0.4) is 0 Å². The Kier molecular flexibility index (Phi) is 4.32. The summed E-state index contributed by atoms with van der Waals surface area (Å²) in [6.07, 6.45) is 2.57. The van der Waals surface area contributed by atoms with Gasteiger partial charge in [-0.05, 0) is 51.4 Å². The Morgan fingerprint density at radius 1 is 1.33 bits per heavy atom. The molecule has 1 aromatic heterocycles. The number of rotatable bonds is 5. The van der Waals surface area contributed by atoms with Gasteiger partial charge < -0.3 is 14.5 Å². The molecule has 0 aliphatic carbocycles. The zero-order valence-electron chi connectivity index (χ0n) is 13.2. The summed E-state index contributed by atoms with van der Waals surface area (Å²) < 4.78 is 11.9. The Labute approximate surface area is 126 Å². The molecule has 1 aliphatic rings. The average molecular weight is 287 g/mol. The number of benzene rings is 1. The molecule has 3 heteroatoms. The zero-order valence-corrected chi connectivity index (χ0v) is 13.2. The number of fused-ring (bicyclic) bond motifs is 1. The predicted octanol–water partition coefficient (Wildman–Crippen LogP) is 4.21. The number of ether oxygens (including phenoxy) is 1. The van der Waals surface area contributed by atoms with Crippen molar-refractivity contribution in [1.82, 2.24) is 5.32 Å². The van der Waals surface area contributed by atoms with Crippen molar-refractivity contribution in [2.45, 2.75) is 45.8 Å². The van der Waals surface area contributed by atoms with E-state index >= 15 is 0 Å². The Bertz CT molecular complexity index is 604. The van der Waals surface area contributed by atoms with Crippen LogP contribution in [0.1, 0.15) is 44.1 Å². The average Bonchev–Trinajstić information content (AvgIpc) is 3.05. The van der Waals surface area contributed by atoms with Crippen LogP contribution in [0.25, 0.3) is 11.0 Å². The lowest BCUT2D eigenvalue weighted by Gasteiger charge is -2.21. The second-order valence-electron chi connectivity index (χ2n) is 6.26. The van der Waals surface area contributed by atoms with Gasteiger partial charge in [0.05, 0.1) is 18.8 Å². The van der Waals surface area contributed by atoms with Gasteiger partial charge in [-0.15, -0.1) is 0 Å². The minimum atomic E-state index is 0.252. The summed E-state index contributed by atoms with van der Waals surface area (Å²) in [5.74, 6) is 1.54. The molecule has 0 amide bonds. The van der Waals surface area contributed by atoms with E-state index in [4.69, 9.17) is 9.15 Å². The quantitative estimate of drug-likeness (QED) is 0.894. The van der Waals surface area contributed by atoms with Gasteiger partial charge in [-0.3, -0.25) is 0 Å². The van der Waals surface area contributed by atoms with Crippen molar-refractivity contribution < 1.29 is 9.15 Å². The van der Waals surface area contributed by atoms with Crippen molar-refractivity contribution in [2.24, 2.45) is 5.92 Å². The topological polar surface area (TPSA) is 34.4 Å². The molecule has 2 heterocycles. The van der Waals surface area contributed by atoms with E-state index < -0.39 is 0 Å². The van der Waals surface area contributed by atoms with Crippen LogP contribution in [-0.4, -0.2) is 19.3 Å². The Hall–Kier alpha value is -1.32. The second-order valence-corrected chi connectivity index (χ2v) is 6.26. The van der Waals surface area contributed by atoms with E-state index in [1.54, 1.807) is 0 Å². The van der Waals surface area contributed by atoms with E-state index in [-0.39, 0.29) is 6.04 Å². The molecule has 1 N–H and O–H groups in total. The lowest BCUT2D eigenvalue weighted by molar-refractivity contribution is 0.116. The number of aryl methyl sites for hydroxylation is 1. The lowest BCUT2D eigenvalue weighted by Crippen LogP contribution is -2.29. The zero-order chi connectivity index (χ0) is 14.8. The summed E-state index contributed by atoms with van der Waals surface area (Å²) in [4.78, 5) is 0. The largest absolute Gasteiger partial charge is 0.459 e. The smallest absolute Gasteiger partial charge is 0.134 e. The summed E-state index contributed by atoms with van der Waals surface area (Å²) in [5, 5.41) is 4.84. The van der Waals surface area contributed by atoms with Crippen molar-refractivity contribution in [1.29, 1.82) is 0 Å². The first-order chi connectivity index (χ1) is 10.2. The summed E-state index contributed by atoms with van der Waals surface area (Å²) in [6.45, 7) is 8.29. The van der Waals surface area contributed by atoms with Crippen LogP contribution in [0.15, 0.2) is 28.7 Å². The maximum Gasteiger partial charge on any atom is 0.134 e. The van der Waals surface area contributed by atoms with Crippen LogP contribution in [0.5, 0.6) is 0 Å².